The van der Waals surface area contributed by atoms with Gasteiger partial charge in [0.2, 0.25) is 5.13 Å². The van der Waals surface area contributed by atoms with Crippen molar-refractivity contribution in [2.45, 2.75) is 154 Å². The van der Waals surface area contributed by atoms with Crippen molar-refractivity contribution in [2.24, 2.45) is 40.6 Å². The second kappa shape index (κ2) is 31.9. The maximum atomic E-state index is 13.9. The van der Waals surface area contributed by atoms with E-state index in [0.717, 1.165) is 28.8 Å². The summed E-state index contributed by atoms with van der Waals surface area (Å²) in [4.78, 5) is 106. The number of ether oxygens (including phenoxy) is 8. The van der Waals surface area contributed by atoms with Gasteiger partial charge in [-0.2, -0.15) is 5.10 Å². The molecule has 0 aliphatic heterocycles. The number of hydrogen-bond donors (Lipinski definition) is 0. The summed E-state index contributed by atoms with van der Waals surface area (Å²) in [6, 6.07) is 12.6. The SMILES string of the molecule is C=CC(=O)OCCCCOC(=O)C1CCC(C(=O)OC2CCC(C(=O)Oc3ccc(OC(=O)C4CCC(OC(=O)C5CCC(C(=O)OCCCCOC(=O)C=C)CC5)CC4)c(/C=N/N(CCC)c4nc5ccccc5s4)c3)CC2)CC1. The van der Waals surface area contributed by atoms with Gasteiger partial charge in [-0.05, 0) is 165 Å². The number of rotatable bonds is 27. The molecule has 4 fully saturated rings. The van der Waals surface area contributed by atoms with Crippen molar-refractivity contribution in [3.05, 3.63) is 73.3 Å². The van der Waals surface area contributed by atoms with Crippen LogP contribution in [0.25, 0.3) is 10.2 Å². The molecule has 438 valence electrons. The van der Waals surface area contributed by atoms with Crippen molar-refractivity contribution in [1.82, 2.24) is 4.98 Å². The first-order chi connectivity index (χ1) is 39.3. The molecule has 81 heavy (non-hydrogen) atoms. The van der Waals surface area contributed by atoms with Crippen molar-refractivity contribution in [3.8, 4) is 11.5 Å². The fraction of sp³-hybridized carbons (Fsp3) is 0.574. The number of carbonyl (C=O) groups is 8. The van der Waals surface area contributed by atoms with Crippen LogP contribution in [0.5, 0.6) is 11.5 Å². The first kappa shape index (κ1) is 61.7. The van der Waals surface area contributed by atoms with Gasteiger partial charge in [-0.3, -0.25) is 28.8 Å². The number of para-hydroxylation sites is 1. The van der Waals surface area contributed by atoms with Gasteiger partial charge in [0.25, 0.3) is 0 Å². The minimum Gasteiger partial charge on any atom is -0.465 e. The molecule has 0 unspecified atom stereocenters. The Labute approximate surface area is 477 Å². The van der Waals surface area contributed by atoms with Gasteiger partial charge in [0.1, 0.15) is 23.7 Å². The van der Waals surface area contributed by atoms with Crippen LogP contribution in [0.4, 0.5) is 5.13 Å². The van der Waals surface area contributed by atoms with Crippen molar-refractivity contribution in [2.75, 3.05) is 38.0 Å². The van der Waals surface area contributed by atoms with Crippen LogP contribution in [0.1, 0.15) is 147 Å². The fourth-order valence-electron chi connectivity index (χ4n) is 10.6. The van der Waals surface area contributed by atoms with Gasteiger partial charge in [-0.25, -0.2) is 19.6 Å². The summed E-state index contributed by atoms with van der Waals surface area (Å²) in [5.41, 5.74) is 1.26. The second-order valence-corrected chi connectivity index (χ2v) is 22.3. The Bertz CT molecular complexity index is 2640. The van der Waals surface area contributed by atoms with Gasteiger partial charge >= 0.3 is 47.8 Å². The zero-order chi connectivity index (χ0) is 57.5. The highest BCUT2D eigenvalue weighted by atomic mass is 32.1. The Hall–Kier alpha value is -6.96. The molecule has 0 N–H and O–H groups in total. The standard InChI is InChI=1S/C61H77N3O16S/c1-4-33-64(61-63-50-13-7-8-14-52(50)81-61)62-39-46-38-49(79-59(71)44-23-27-47(28-24-44)77-57(69)42-19-15-40(16-20-42)55(67)75-36-11-9-34-73-53(65)5-2)31-32-51(46)80-60(72)45-25-29-48(30-26-45)78-58(70)43-21-17-41(18-22-43)56(68)76-37-12-10-35-74-54(66)6-3/h5-8,13-14,31-32,38-45,47-48H,2-4,9-12,15-30,33-37H2,1H3/b62-39+. The van der Waals surface area contributed by atoms with E-state index in [1.165, 1.54) is 11.3 Å². The Morgan fingerprint density at radius 2 is 0.988 bits per heavy atom. The van der Waals surface area contributed by atoms with Gasteiger partial charge in [0.15, 0.2) is 0 Å². The van der Waals surface area contributed by atoms with Crippen LogP contribution < -0.4 is 14.5 Å². The fourth-order valence-corrected chi connectivity index (χ4v) is 11.6. The molecular formula is C61H77N3O16S. The van der Waals surface area contributed by atoms with Crippen LogP contribution in [0.3, 0.4) is 0 Å². The number of fused-ring (bicyclic) bond motifs is 1. The van der Waals surface area contributed by atoms with Crippen molar-refractivity contribution >= 4 is 80.7 Å². The largest absolute Gasteiger partial charge is 0.465 e. The van der Waals surface area contributed by atoms with E-state index in [4.69, 9.17) is 48.0 Å². The Balaban J connectivity index is 0.875. The molecule has 0 atom stereocenters. The van der Waals surface area contributed by atoms with Gasteiger partial charge in [0.05, 0.1) is 78.4 Å². The van der Waals surface area contributed by atoms with Crippen LogP contribution in [-0.2, 0) is 66.8 Å². The lowest BCUT2D eigenvalue weighted by Crippen LogP contribution is -2.33. The molecule has 0 bridgehead atoms. The van der Waals surface area contributed by atoms with Gasteiger partial charge in [-0.1, -0.05) is 43.6 Å². The molecule has 0 amide bonds. The van der Waals surface area contributed by atoms with E-state index in [1.807, 2.05) is 31.2 Å². The molecule has 1 aromatic heterocycles. The van der Waals surface area contributed by atoms with E-state index in [-0.39, 0.29) is 97.7 Å². The molecule has 1 heterocycles. The molecule has 4 aliphatic carbocycles. The molecule has 0 radical (unpaired) electrons. The van der Waals surface area contributed by atoms with Gasteiger partial charge in [-0.15, -0.1) is 0 Å². The van der Waals surface area contributed by atoms with E-state index < -0.39 is 35.7 Å². The van der Waals surface area contributed by atoms with Crippen molar-refractivity contribution < 1.29 is 76.3 Å². The number of hydrogen-bond acceptors (Lipinski definition) is 20. The van der Waals surface area contributed by atoms with Crippen LogP contribution in [0.15, 0.2) is 72.9 Å². The summed E-state index contributed by atoms with van der Waals surface area (Å²) in [6.07, 6.45) is 14.2. The number of aromatic nitrogens is 1. The third-order valence-electron chi connectivity index (χ3n) is 15.4. The molecule has 3 aromatic rings. The number of hydrazone groups is 1. The quantitative estimate of drug-likeness (QED) is 0.0131. The smallest absolute Gasteiger partial charge is 0.330 e. The summed E-state index contributed by atoms with van der Waals surface area (Å²) in [5, 5.41) is 7.31. The zero-order valence-corrected chi connectivity index (χ0v) is 47.3. The van der Waals surface area contributed by atoms with Crippen molar-refractivity contribution in [1.29, 1.82) is 0 Å². The number of esters is 8. The Morgan fingerprint density at radius 1 is 0.556 bits per heavy atom. The number of benzene rings is 2. The predicted molar refractivity (Wildman–Crippen MR) is 300 cm³/mol. The number of nitrogens with zero attached hydrogens (tertiary/aromatic N) is 3. The van der Waals surface area contributed by atoms with E-state index >= 15 is 0 Å². The van der Waals surface area contributed by atoms with E-state index in [1.54, 1.807) is 29.4 Å². The third kappa shape index (κ3) is 19.1. The van der Waals surface area contributed by atoms with E-state index in [0.29, 0.717) is 146 Å². The highest BCUT2D eigenvalue weighted by molar-refractivity contribution is 7.22. The summed E-state index contributed by atoms with van der Waals surface area (Å²) in [6.45, 7) is 10.2. The lowest BCUT2D eigenvalue weighted by Gasteiger charge is -2.30. The summed E-state index contributed by atoms with van der Waals surface area (Å²) in [5.74, 6) is -4.53. The van der Waals surface area contributed by atoms with Crippen molar-refractivity contribution in [3.63, 3.8) is 0 Å². The van der Waals surface area contributed by atoms with Crippen LogP contribution in [0.2, 0.25) is 0 Å². The normalized spacial score (nSPS) is 22.8. The number of thiazole rings is 1. The summed E-state index contributed by atoms with van der Waals surface area (Å²) in [7, 11) is 0. The first-order valence-corrected chi connectivity index (χ1v) is 29.7. The number of anilines is 1. The molecule has 2 aromatic carbocycles. The molecule has 4 saturated carbocycles. The molecule has 7 rings (SSSR count). The van der Waals surface area contributed by atoms with Crippen LogP contribution >= 0.6 is 11.3 Å². The summed E-state index contributed by atoms with van der Waals surface area (Å²) >= 11 is 1.51. The predicted octanol–water partition coefficient (Wildman–Crippen LogP) is 10.3. The average Bonchev–Trinajstić information content (AvgIpc) is 3.95. The highest BCUT2D eigenvalue weighted by Gasteiger charge is 2.37. The Morgan fingerprint density at radius 3 is 1.46 bits per heavy atom. The molecular weight excluding hydrogens is 1060 g/mol. The minimum atomic E-state index is -0.489. The molecule has 0 spiro atoms. The number of unbranched alkanes of at least 4 members (excludes halogenated alkanes) is 2. The van der Waals surface area contributed by atoms with Crippen LogP contribution in [0, 0.1) is 35.5 Å². The van der Waals surface area contributed by atoms with E-state index in [9.17, 15) is 38.4 Å². The number of carbonyl (C=O) groups excluding carboxylic acids is 8. The van der Waals surface area contributed by atoms with Gasteiger partial charge in [0, 0.05) is 24.3 Å². The third-order valence-corrected chi connectivity index (χ3v) is 16.5. The molecule has 0 saturated heterocycles. The average molecular weight is 1140 g/mol. The minimum absolute atomic E-state index is 0.231. The molecule has 20 heteroatoms. The monoisotopic (exact) mass is 1140 g/mol. The second-order valence-electron chi connectivity index (χ2n) is 21.3. The molecule has 19 nitrogen and oxygen atoms in total. The topological polar surface area (TPSA) is 239 Å². The molecule has 4 aliphatic rings. The lowest BCUT2D eigenvalue weighted by atomic mass is 9.82. The summed E-state index contributed by atoms with van der Waals surface area (Å²) < 4.78 is 45.7. The van der Waals surface area contributed by atoms with Crippen LogP contribution in [-0.4, -0.2) is 104 Å². The van der Waals surface area contributed by atoms with Gasteiger partial charge < -0.3 is 37.9 Å². The highest BCUT2D eigenvalue weighted by Crippen LogP contribution is 2.37. The zero-order valence-electron chi connectivity index (χ0n) is 46.5. The first-order valence-electron chi connectivity index (χ1n) is 28.9. The van der Waals surface area contributed by atoms with E-state index in [2.05, 4.69) is 13.2 Å². The maximum absolute atomic E-state index is 13.9. The Kier molecular flexibility index (Phi) is 24.3. The maximum Gasteiger partial charge on any atom is 0.330 e. The lowest BCUT2D eigenvalue weighted by molar-refractivity contribution is -0.161.